The Bertz CT molecular complexity index is 1270. The molecule has 0 aliphatic rings. The van der Waals surface area contributed by atoms with Crippen LogP contribution in [0.15, 0.2) is 72.9 Å². The number of pyridine rings is 1. The lowest BCUT2D eigenvalue weighted by atomic mass is 10.1. The number of non-ortho nitro benzene ring substituents is 1. The van der Waals surface area contributed by atoms with E-state index in [4.69, 9.17) is 0 Å². The Labute approximate surface area is 171 Å². The summed E-state index contributed by atoms with van der Waals surface area (Å²) >= 11 is 0. The van der Waals surface area contributed by atoms with E-state index >= 15 is 0 Å². The molecule has 30 heavy (non-hydrogen) atoms. The number of hydrogen-bond acceptors (Lipinski definition) is 5. The second-order valence-corrected chi connectivity index (χ2v) is 6.60. The molecule has 4 aromatic rings. The second kappa shape index (κ2) is 7.96. The number of nitrogens with one attached hydrogen (secondary N) is 1. The lowest BCUT2D eigenvalue weighted by molar-refractivity contribution is -0.384. The van der Waals surface area contributed by atoms with Gasteiger partial charge < -0.3 is 5.32 Å². The molecular weight excluding hydrogens is 382 g/mol. The SMILES string of the molecule is Cc1cc(NC(=O)/C=C/c2cccc3cccnc23)n(-c2ccc([N+](=O)[O-])cc2)n1. The molecule has 0 unspecified atom stereocenters. The van der Waals surface area contributed by atoms with Crippen molar-refractivity contribution in [3.05, 3.63) is 94.3 Å². The van der Waals surface area contributed by atoms with Gasteiger partial charge >= 0.3 is 0 Å². The molecule has 2 aromatic carbocycles. The first-order valence-electron chi connectivity index (χ1n) is 9.15. The molecule has 0 radical (unpaired) electrons. The van der Waals surface area contributed by atoms with Gasteiger partial charge in [-0.3, -0.25) is 19.9 Å². The van der Waals surface area contributed by atoms with Crippen LogP contribution in [-0.2, 0) is 4.79 Å². The van der Waals surface area contributed by atoms with Crippen LogP contribution in [0.4, 0.5) is 11.5 Å². The standard InChI is InChI=1S/C22H17N5O3/c1-15-14-20(26(25-15)18-8-10-19(11-9-18)27(29)30)24-21(28)12-7-17-5-2-4-16-6-3-13-23-22(16)17/h2-14H,1H3,(H,24,28)/b12-7+. The van der Waals surface area contributed by atoms with Crippen LogP contribution in [0.5, 0.6) is 0 Å². The summed E-state index contributed by atoms with van der Waals surface area (Å²) in [5, 5.41) is 19.0. The molecule has 0 bridgehead atoms. The highest BCUT2D eigenvalue weighted by atomic mass is 16.6. The number of nitrogens with zero attached hydrogens (tertiary/aromatic N) is 4. The molecule has 4 rings (SSSR count). The molecule has 0 spiro atoms. The first-order chi connectivity index (χ1) is 14.5. The number of nitro benzene ring substituents is 1. The maximum Gasteiger partial charge on any atom is 0.269 e. The zero-order valence-electron chi connectivity index (χ0n) is 16.0. The van der Waals surface area contributed by atoms with Gasteiger partial charge in [0.2, 0.25) is 5.91 Å². The number of hydrogen-bond donors (Lipinski definition) is 1. The molecule has 0 aliphatic heterocycles. The Morgan fingerprint density at radius 2 is 1.90 bits per heavy atom. The van der Waals surface area contributed by atoms with E-state index < -0.39 is 4.92 Å². The number of aromatic nitrogens is 3. The van der Waals surface area contributed by atoms with Gasteiger partial charge in [0, 0.05) is 41.4 Å². The highest BCUT2D eigenvalue weighted by Crippen LogP contribution is 2.21. The average Bonchev–Trinajstić information content (AvgIpc) is 3.12. The molecule has 2 aromatic heterocycles. The van der Waals surface area contributed by atoms with Crippen LogP contribution in [0.1, 0.15) is 11.3 Å². The smallest absolute Gasteiger partial charge is 0.269 e. The minimum atomic E-state index is -0.465. The predicted octanol–water partition coefficient (Wildman–Crippen LogP) is 4.29. The number of para-hydroxylation sites is 1. The molecule has 0 atom stereocenters. The second-order valence-electron chi connectivity index (χ2n) is 6.60. The molecule has 8 nitrogen and oxygen atoms in total. The lowest BCUT2D eigenvalue weighted by Crippen LogP contribution is -2.12. The van der Waals surface area contributed by atoms with Crippen molar-refractivity contribution in [2.75, 3.05) is 5.32 Å². The summed E-state index contributed by atoms with van der Waals surface area (Å²) < 4.78 is 1.53. The van der Waals surface area contributed by atoms with Crippen molar-refractivity contribution in [1.29, 1.82) is 0 Å². The Morgan fingerprint density at radius 3 is 2.67 bits per heavy atom. The monoisotopic (exact) mass is 399 g/mol. The van der Waals surface area contributed by atoms with Crippen LogP contribution in [0.3, 0.4) is 0 Å². The van der Waals surface area contributed by atoms with Crippen molar-refractivity contribution in [3.63, 3.8) is 0 Å². The topological polar surface area (TPSA) is 103 Å². The molecule has 0 aliphatic carbocycles. The number of carbonyl (C=O) groups is 1. The molecule has 1 amide bonds. The Balaban J connectivity index is 1.56. The normalized spacial score (nSPS) is 11.1. The summed E-state index contributed by atoms with van der Waals surface area (Å²) in [6.45, 7) is 1.80. The van der Waals surface area contributed by atoms with Crippen LogP contribution in [0.2, 0.25) is 0 Å². The number of carbonyl (C=O) groups excluding carboxylic acids is 1. The zero-order valence-corrected chi connectivity index (χ0v) is 16.0. The van der Waals surface area contributed by atoms with Gasteiger partial charge in [-0.2, -0.15) is 5.10 Å². The number of aryl methyl sites for hydroxylation is 1. The maximum atomic E-state index is 12.5. The molecular formula is C22H17N5O3. The molecule has 148 valence electrons. The van der Waals surface area contributed by atoms with Crippen molar-refractivity contribution in [2.24, 2.45) is 0 Å². The van der Waals surface area contributed by atoms with Crippen LogP contribution in [-0.4, -0.2) is 25.6 Å². The fraction of sp³-hybridized carbons (Fsp3) is 0.0455. The van der Waals surface area contributed by atoms with Crippen molar-refractivity contribution >= 4 is 34.4 Å². The summed E-state index contributed by atoms with van der Waals surface area (Å²) in [4.78, 5) is 27.3. The summed E-state index contributed by atoms with van der Waals surface area (Å²) in [7, 11) is 0. The molecule has 0 saturated carbocycles. The third-order valence-corrected chi connectivity index (χ3v) is 4.47. The van der Waals surface area contributed by atoms with E-state index in [1.807, 2.05) is 30.3 Å². The first kappa shape index (κ1) is 19.0. The highest BCUT2D eigenvalue weighted by Gasteiger charge is 2.12. The summed E-state index contributed by atoms with van der Waals surface area (Å²) in [5.41, 5.74) is 2.94. The van der Waals surface area contributed by atoms with E-state index in [1.54, 1.807) is 37.4 Å². The van der Waals surface area contributed by atoms with Crippen molar-refractivity contribution in [1.82, 2.24) is 14.8 Å². The Hall–Kier alpha value is -4.33. The third kappa shape index (κ3) is 3.93. The fourth-order valence-corrected chi connectivity index (χ4v) is 3.10. The molecule has 0 saturated heterocycles. The van der Waals surface area contributed by atoms with Crippen LogP contribution in [0, 0.1) is 17.0 Å². The summed E-state index contributed by atoms with van der Waals surface area (Å²) in [6.07, 6.45) is 4.86. The summed E-state index contributed by atoms with van der Waals surface area (Å²) in [5.74, 6) is 0.137. The van der Waals surface area contributed by atoms with Gasteiger partial charge in [-0.1, -0.05) is 24.3 Å². The minimum Gasteiger partial charge on any atom is -0.307 e. The minimum absolute atomic E-state index is 0.0140. The first-order valence-corrected chi connectivity index (χ1v) is 9.15. The van der Waals surface area contributed by atoms with E-state index in [0.29, 0.717) is 17.2 Å². The Morgan fingerprint density at radius 1 is 1.13 bits per heavy atom. The fourth-order valence-electron chi connectivity index (χ4n) is 3.10. The summed E-state index contributed by atoms with van der Waals surface area (Å²) in [6, 6.07) is 17.3. The largest absolute Gasteiger partial charge is 0.307 e. The number of fused-ring (bicyclic) bond motifs is 1. The van der Waals surface area contributed by atoms with E-state index in [-0.39, 0.29) is 11.6 Å². The maximum absolute atomic E-state index is 12.5. The molecule has 2 heterocycles. The van der Waals surface area contributed by atoms with E-state index in [9.17, 15) is 14.9 Å². The highest BCUT2D eigenvalue weighted by molar-refractivity contribution is 6.03. The lowest BCUT2D eigenvalue weighted by Gasteiger charge is -2.07. The zero-order chi connectivity index (χ0) is 21.1. The van der Waals surface area contributed by atoms with Gasteiger partial charge in [-0.15, -0.1) is 0 Å². The van der Waals surface area contributed by atoms with E-state index in [2.05, 4.69) is 15.4 Å². The van der Waals surface area contributed by atoms with Crippen molar-refractivity contribution in [3.8, 4) is 5.69 Å². The van der Waals surface area contributed by atoms with Crippen LogP contribution < -0.4 is 5.32 Å². The number of amides is 1. The van der Waals surface area contributed by atoms with E-state index in [1.165, 1.54) is 22.9 Å². The predicted molar refractivity (Wildman–Crippen MR) is 114 cm³/mol. The van der Waals surface area contributed by atoms with Crippen molar-refractivity contribution < 1.29 is 9.72 Å². The van der Waals surface area contributed by atoms with Gasteiger partial charge in [0.15, 0.2) is 0 Å². The number of nitro groups is 1. The van der Waals surface area contributed by atoms with Gasteiger partial charge in [0.25, 0.3) is 5.69 Å². The van der Waals surface area contributed by atoms with Gasteiger partial charge in [0.05, 0.1) is 21.8 Å². The van der Waals surface area contributed by atoms with Gasteiger partial charge in [-0.05, 0) is 31.2 Å². The van der Waals surface area contributed by atoms with Crippen molar-refractivity contribution in [2.45, 2.75) is 6.92 Å². The number of anilines is 1. The van der Waals surface area contributed by atoms with Crippen LogP contribution >= 0.6 is 0 Å². The molecule has 0 fully saturated rings. The number of rotatable bonds is 5. The van der Waals surface area contributed by atoms with E-state index in [0.717, 1.165) is 16.5 Å². The Kier molecular flexibility index (Phi) is 5.04. The quantitative estimate of drug-likeness (QED) is 0.306. The van der Waals surface area contributed by atoms with Crippen LogP contribution in [0.25, 0.3) is 22.7 Å². The average molecular weight is 399 g/mol. The molecule has 8 heteroatoms. The van der Waals surface area contributed by atoms with Gasteiger partial charge in [0.1, 0.15) is 5.82 Å². The molecule has 1 N–H and O–H groups in total. The number of benzene rings is 2. The third-order valence-electron chi connectivity index (χ3n) is 4.47. The van der Waals surface area contributed by atoms with Gasteiger partial charge in [-0.25, -0.2) is 4.68 Å².